The average molecular weight is 405 g/mol. The van der Waals surface area contributed by atoms with Gasteiger partial charge in [-0.25, -0.2) is 4.79 Å². The van der Waals surface area contributed by atoms with E-state index in [9.17, 15) is 9.59 Å². The molecular formula is C21H25ClN2O4. The van der Waals surface area contributed by atoms with Gasteiger partial charge in [0, 0.05) is 29.2 Å². The molecule has 1 aliphatic rings. The summed E-state index contributed by atoms with van der Waals surface area (Å²) in [7, 11) is 1.25. The van der Waals surface area contributed by atoms with E-state index in [1.54, 1.807) is 38.1 Å². The van der Waals surface area contributed by atoms with E-state index in [1.165, 1.54) is 7.11 Å². The van der Waals surface area contributed by atoms with Gasteiger partial charge >= 0.3 is 5.97 Å². The van der Waals surface area contributed by atoms with Crippen molar-refractivity contribution in [3.63, 3.8) is 0 Å². The molecule has 2 rings (SSSR count). The molecule has 1 aromatic carbocycles. The van der Waals surface area contributed by atoms with Crippen molar-refractivity contribution in [3.05, 3.63) is 35.4 Å². The Hall–Kier alpha value is -2.51. The van der Waals surface area contributed by atoms with E-state index < -0.39 is 23.5 Å². The molecule has 1 aliphatic carbocycles. The van der Waals surface area contributed by atoms with Crippen molar-refractivity contribution < 1.29 is 19.4 Å². The van der Waals surface area contributed by atoms with Gasteiger partial charge in [0.25, 0.3) is 5.91 Å². The quantitative estimate of drug-likeness (QED) is 0.504. The number of hydrogen-bond acceptors (Lipinski definition) is 5. The minimum absolute atomic E-state index is 0. The molecule has 0 heterocycles. The monoisotopic (exact) mass is 404 g/mol. The molecule has 28 heavy (non-hydrogen) atoms. The van der Waals surface area contributed by atoms with E-state index in [4.69, 9.17) is 15.6 Å². The van der Waals surface area contributed by atoms with Crippen LogP contribution >= 0.6 is 12.4 Å². The maximum Gasteiger partial charge on any atom is 0.330 e. The van der Waals surface area contributed by atoms with Crippen LogP contribution in [-0.4, -0.2) is 42.3 Å². The predicted molar refractivity (Wildman–Crippen MR) is 109 cm³/mol. The number of nitrogens with one attached hydrogen (secondary N) is 1. The number of nitrogens with two attached hydrogens (primary N) is 1. The molecule has 1 aromatic rings. The second kappa shape index (κ2) is 10.1. The first-order valence-corrected chi connectivity index (χ1v) is 8.66. The Bertz CT molecular complexity index is 822. The van der Waals surface area contributed by atoms with E-state index in [-0.39, 0.29) is 24.9 Å². The van der Waals surface area contributed by atoms with Gasteiger partial charge in [0.15, 0.2) is 0 Å². The summed E-state index contributed by atoms with van der Waals surface area (Å²) in [6.07, 6.45) is 0.932. The van der Waals surface area contributed by atoms with Crippen molar-refractivity contribution in [2.75, 3.05) is 13.7 Å². The maximum absolute atomic E-state index is 12.4. The summed E-state index contributed by atoms with van der Waals surface area (Å²) in [4.78, 5) is 24.2. The molecule has 0 unspecified atom stereocenters. The lowest BCUT2D eigenvalue weighted by atomic mass is 9.95. The van der Waals surface area contributed by atoms with Gasteiger partial charge in [-0.05, 0) is 62.3 Å². The van der Waals surface area contributed by atoms with Gasteiger partial charge in [0.1, 0.15) is 6.04 Å². The molecule has 0 aliphatic heterocycles. The van der Waals surface area contributed by atoms with E-state index in [1.807, 2.05) is 0 Å². The number of esters is 1. The summed E-state index contributed by atoms with van der Waals surface area (Å²) >= 11 is 0. The lowest BCUT2D eigenvalue weighted by Crippen LogP contribution is -2.59. The minimum atomic E-state index is -0.969. The van der Waals surface area contributed by atoms with Crippen molar-refractivity contribution in [3.8, 4) is 23.7 Å². The first-order valence-electron chi connectivity index (χ1n) is 8.66. The molecule has 4 N–H and O–H groups in total. The Morgan fingerprint density at radius 2 is 1.96 bits per heavy atom. The number of hydrogen-bond donors (Lipinski definition) is 3. The second-order valence-corrected chi connectivity index (χ2v) is 7.13. The molecular weight excluding hydrogens is 380 g/mol. The summed E-state index contributed by atoms with van der Waals surface area (Å²) in [5, 5.41) is 11.6. The van der Waals surface area contributed by atoms with Crippen molar-refractivity contribution in [1.82, 2.24) is 5.32 Å². The zero-order valence-corrected chi connectivity index (χ0v) is 16.9. The molecule has 0 aromatic heterocycles. The number of carbonyl (C=O) groups excluding carboxylic acids is 2. The Labute approximate surface area is 171 Å². The zero-order chi connectivity index (χ0) is 20.0. The Kier molecular flexibility index (Phi) is 8.53. The van der Waals surface area contributed by atoms with Crippen LogP contribution in [0.25, 0.3) is 0 Å². The predicted octanol–water partition coefficient (Wildman–Crippen LogP) is 1.10. The van der Waals surface area contributed by atoms with Gasteiger partial charge in [-0.3, -0.25) is 4.79 Å². The average Bonchev–Trinajstić information content (AvgIpc) is 3.40. The fourth-order valence-corrected chi connectivity index (χ4v) is 2.44. The molecule has 1 fully saturated rings. The molecule has 0 bridgehead atoms. The normalized spacial score (nSPS) is 18.2. The third kappa shape index (κ3) is 6.58. The van der Waals surface area contributed by atoms with E-state index >= 15 is 0 Å². The maximum atomic E-state index is 12.4. The minimum Gasteiger partial charge on any atom is -0.467 e. The van der Waals surface area contributed by atoms with Crippen LogP contribution < -0.4 is 11.1 Å². The Balaban J connectivity index is 0.00000392. The van der Waals surface area contributed by atoms with E-state index in [0.717, 1.165) is 12.0 Å². The molecule has 1 saturated carbocycles. The van der Waals surface area contributed by atoms with Gasteiger partial charge in [-0.2, -0.15) is 0 Å². The van der Waals surface area contributed by atoms with Crippen molar-refractivity contribution >= 4 is 24.3 Å². The summed E-state index contributed by atoms with van der Waals surface area (Å²) in [5.41, 5.74) is 6.09. The molecule has 150 valence electrons. The number of halogens is 1. The number of benzene rings is 1. The Morgan fingerprint density at radius 3 is 2.46 bits per heavy atom. The van der Waals surface area contributed by atoms with Crippen LogP contribution in [0.1, 0.15) is 36.2 Å². The highest BCUT2D eigenvalue weighted by atomic mass is 35.5. The highest BCUT2D eigenvalue weighted by Gasteiger charge is 2.35. The zero-order valence-electron chi connectivity index (χ0n) is 16.1. The van der Waals surface area contributed by atoms with Crippen LogP contribution in [0.4, 0.5) is 0 Å². The number of aliphatic hydroxyl groups is 1. The van der Waals surface area contributed by atoms with Gasteiger partial charge in [0.05, 0.1) is 7.11 Å². The molecule has 3 atom stereocenters. The standard InChI is InChI=1S/C21H24N2O4.ClH/c1-21(2,22)18(20(26)27-3)23-19(25)15-10-8-14(9-11-15)6-4-5-7-16-12-17(16)13-24;/h8-11,16-18,24H,12-13,22H2,1-3H3,(H,23,25);1H/t16-,17+,18+;/m0./s1. The molecule has 0 saturated heterocycles. The van der Waals surface area contributed by atoms with Gasteiger partial charge in [0.2, 0.25) is 0 Å². The topological polar surface area (TPSA) is 102 Å². The number of aliphatic hydroxyl groups excluding tert-OH is 1. The summed E-state index contributed by atoms with van der Waals surface area (Å²) < 4.78 is 4.71. The van der Waals surface area contributed by atoms with Crippen molar-refractivity contribution in [2.45, 2.75) is 31.8 Å². The van der Waals surface area contributed by atoms with Crippen molar-refractivity contribution in [1.29, 1.82) is 0 Å². The lowest BCUT2D eigenvalue weighted by molar-refractivity contribution is -0.144. The number of carbonyl (C=O) groups is 2. The van der Waals surface area contributed by atoms with Crippen molar-refractivity contribution in [2.24, 2.45) is 17.6 Å². The summed E-state index contributed by atoms with van der Waals surface area (Å²) in [6.45, 7) is 3.45. The number of amides is 1. The molecule has 0 spiro atoms. The summed E-state index contributed by atoms with van der Waals surface area (Å²) in [6, 6.07) is 5.69. The SMILES string of the molecule is COC(=O)[C@@H](NC(=O)c1ccc(C#CC#C[C@H]2C[C@@H]2CO)cc1)C(C)(C)N.Cl. The highest BCUT2D eigenvalue weighted by Crippen LogP contribution is 2.36. The van der Waals surface area contributed by atoms with Crippen LogP contribution in [0.3, 0.4) is 0 Å². The molecule has 0 radical (unpaired) electrons. The van der Waals surface area contributed by atoms with E-state index in [2.05, 4.69) is 29.0 Å². The highest BCUT2D eigenvalue weighted by molar-refractivity contribution is 5.97. The molecule has 1 amide bonds. The largest absolute Gasteiger partial charge is 0.467 e. The van der Waals surface area contributed by atoms with Gasteiger partial charge in [-0.1, -0.05) is 11.8 Å². The smallest absolute Gasteiger partial charge is 0.330 e. The van der Waals surface area contributed by atoms with Crippen LogP contribution in [0.5, 0.6) is 0 Å². The molecule has 7 heteroatoms. The lowest BCUT2D eigenvalue weighted by Gasteiger charge is -2.28. The Morgan fingerprint density at radius 1 is 1.32 bits per heavy atom. The number of ether oxygens (including phenoxy) is 1. The fourth-order valence-electron chi connectivity index (χ4n) is 2.44. The van der Waals surface area contributed by atoms with Gasteiger partial charge < -0.3 is 20.9 Å². The summed E-state index contributed by atoms with van der Waals surface area (Å²) in [5.74, 6) is 11.0. The van der Waals surface area contributed by atoms with Gasteiger partial charge in [-0.15, -0.1) is 12.4 Å². The van der Waals surface area contributed by atoms with Crippen LogP contribution in [0.2, 0.25) is 0 Å². The molecule has 6 nitrogen and oxygen atoms in total. The van der Waals surface area contributed by atoms with Crippen LogP contribution in [-0.2, 0) is 9.53 Å². The number of rotatable bonds is 5. The first-order chi connectivity index (χ1) is 12.8. The van der Waals surface area contributed by atoms with Crippen LogP contribution in [0, 0.1) is 35.5 Å². The second-order valence-electron chi connectivity index (χ2n) is 7.13. The third-order valence-corrected chi connectivity index (χ3v) is 4.29. The number of methoxy groups -OCH3 is 1. The van der Waals surface area contributed by atoms with E-state index in [0.29, 0.717) is 11.5 Å². The third-order valence-electron chi connectivity index (χ3n) is 4.29. The fraction of sp³-hybridized carbons (Fsp3) is 0.429. The first kappa shape index (κ1) is 23.5. The van der Waals surface area contributed by atoms with Crippen LogP contribution in [0.15, 0.2) is 24.3 Å².